The van der Waals surface area contributed by atoms with Gasteiger partial charge in [0.1, 0.15) is 6.26 Å². The van der Waals surface area contributed by atoms with Gasteiger partial charge in [-0.25, -0.2) is 12.8 Å². The van der Waals surface area contributed by atoms with E-state index in [1.807, 2.05) is 0 Å². The summed E-state index contributed by atoms with van der Waals surface area (Å²) in [6, 6.07) is 10.0. The van der Waals surface area contributed by atoms with E-state index in [9.17, 15) is 18.1 Å². The third kappa shape index (κ3) is 12.0. The first-order chi connectivity index (χ1) is 27.0. The Labute approximate surface area is 339 Å². The van der Waals surface area contributed by atoms with E-state index < -0.39 is 26.8 Å². The zero-order valence-corrected chi connectivity index (χ0v) is 35.9. The first kappa shape index (κ1) is 44.6. The van der Waals surface area contributed by atoms with Crippen LogP contribution in [0.15, 0.2) is 56.1 Å². The summed E-state index contributed by atoms with van der Waals surface area (Å²) in [6.07, 6.45) is 19.2. The highest BCUT2D eigenvalue weighted by Gasteiger charge is 2.35. The Bertz CT molecular complexity index is 1690. The number of allylic oxidation sites excluding steroid dienone is 1. The van der Waals surface area contributed by atoms with Crippen LogP contribution in [-0.4, -0.2) is 110 Å². The van der Waals surface area contributed by atoms with Gasteiger partial charge in [-0.3, -0.25) is 9.89 Å². The Morgan fingerprint density at radius 1 is 0.893 bits per heavy atom. The molecule has 2 aromatic carbocycles. The maximum Gasteiger partial charge on any atom is 0.204 e. The van der Waals surface area contributed by atoms with Gasteiger partial charge in [-0.1, -0.05) is 64.7 Å². The van der Waals surface area contributed by atoms with Gasteiger partial charge < -0.3 is 24.2 Å². The van der Waals surface area contributed by atoms with E-state index in [1.165, 1.54) is 57.1 Å². The van der Waals surface area contributed by atoms with Gasteiger partial charge in [-0.05, 0) is 120 Å². The highest BCUT2D eigenvalue weighted by Crippen LogP contribution is 2.39. The number of nitrogens with zero attached hydrogens (tertiary/aromatic N) is 4. The molecule has 3 aliphatic heterocycles. The summed E-state index contributed by atoms with van der Waals surface area (Å²) >= 11 is -1.31. The number of aliphatic hydroxyl groups excluding tert-OH is 1. The summed E-state index contributed by atoms with van der Waals surface area (Å²) in [7, 11) is -4.16. The number of aliphatic hydroxyl groups is 1. The van der Waals surface area contributed by atoms with Crippen LogP contribution in [0.5, 0.6) is 5.75 Å². The van der Waals surface area contributed by atoms with Crippen LogP contribution in [0.2, 0.25) is 0 Å². The molecule has 9 nitrogen and oxygen atoms in total. The summed E-state index contributed by atoms with van der Waals surface area (Å²) in [4.78, 5) is 11.9. The molecule has 3 saturated heterocycles. The minimum Gasteiger partial charge on any atom is -0.612 e. The molecule has 312 valence electrons. The first-order valence-corrected chi connectivity index (χ1v) is 24.3. The number of benzene rings is 2. The molecular weight excluding hydrogens is 748 g/mol. The van der Waals surface area contributed by atoms with Crippen molar-refractivity contribution in [1.82, 2.24) is 14.7 Å². The highest BCUT2D eigenvalue weighted by atomic mass is 32.2. The van der Waals surface area contributed by atoms with Gasteiger partial charge in [0.2, 0.25) is 9.84 Å². The van der Waals surface area contributed by atoms with Crippen molar-refractivity contribution >= 4 is 39.1 Å². The summed E-state index contributed by atoms with van der Waals surface area (Å²) < 4.78 is 62.7. The van der Waals surface area contributed by atoms with E-state index >= 15 is 4.39 Å². The minimum atomic E-state index is -4.16. The largest absolute Gasteiger partial charge is 0.612 e. The first-order valence-electron chi connectivity index (χ1n) is 21.3. The van der Waals surface area contributed by atoms with Crippen LogP contribution in [0.1, 0.15) is 122 Å². The maximum absolute atomic E-state index is 15.5. The third-order valence-electron chi connectivity index (χ3n) is 12.2. The Morgan fingerprint density at radius 2 is 1.52 bits per heavy atom. The molecule has 2 unspecified atom stereocenters. The predicted octanol–water partition coefficient (Wildman–Crippen LogP) is 8.74. The Kier molecular flexibility index (Phi) is 17.6. The van der Waals surface area contributed by atoms with Crippen molar-refractivity contribution in [3.05, 3.63) is 52.7 Å². The Balaban J connectivity index is 1.27. The lowest BCUT2D eigenvalue weighted by molar-refractivity contribution is 0.0141. The van der Waals surface area contributed by atoms with E-state index in [1.54, 1.807) is 31.4 Å². The number of sulfone groups is 1. The van der Waals surface area contributed by atoms with Gasteiger partial charge >= 0.3 is 0 Å². The smallest absolute Gasteiger partial charge is 0.204 e. The van der Waals surface area contributed by atoms with Gasteiger partial charge in [-0.15, -0.1) is 0 Å². The number of unbranched alkanes of at least 4 members (excludes halogenated alkanes) is 9. The molecule has 3 aliphatic rings. The van der Waals surface area contributed by atoms with Crippen LogP contribution in [0, 0.1) is 5.82 Å². The van der Waals surface area contributed by atoms with E-state index in [-0.39, 0.29) is 21.7 Å². The highest BCUT2D eigenvalue weighted by molar-refractivity contribution is 7.95. The van der Waals surface area contributed by atoms with Crippen molar-refractivity contribution in [1.29, 1.82) is 0 Å². The van der Waals surface area contributed by atoms with Crippen LogP contribution in [0.4, 0.5) is 10.1 Å². The van der Waals surface area contributed by atoms with E-state index in [0.717, 1.165) is 90.0 Å². The van der Waals surface area contributed by atoms with Crippen molar-refractivity contribution in [3.8, 4) is 5.75 Å². The number of hydrogen-bond donors (Lipinski definition) is 1. The lowest BCUT2D eigenvalue weighted by atomic mass is 9.95. The van der Waals surface area contributed by atoms with E-state index in [4.69, 9.17) is 4.74 Å². The minimum absolute atomic E-state index is 0.0534. The van der Waals surface area contributed by atoms with Crippen molar-refractivity contribution < 1.29 is 27.2 Å². The van der Waals surface area contributed by atoms with E-state index in [0.29, 0.717) is 53.6 Å². The van der Waals surface area contributed by atoms with Gasteiger partial charge in [-0.2, -0.15) is 0 Å². The van der Waals surface area contributed by atoms with Crippen molar-refractivity contribution in [2.24, 2.45) is 4.99 Å². The molecule has 12 heteroatoms. The molecule has 0 aromatic heterocycles. The number of piperidine rings is 3. The van der Waals surface area contributed by atoms with Gasteiger partial charge in [0.05, 0.1) is 33.9 Å². The Morgan fingerprint density at radius 3 is 2.12 bits per heavy atom. The summed E-state index contributed by atoms with van der Waals surface area (Å²) in [6.45, 7) is 13.1. The summed E-state index contributed by atoms with van der Waals surface area (Å²) in [5.74, 6) is -0.650. The molecule has 0 aliphatic carbocycles. The molecule has 1 N–H and O–H groups in total. The Hall–Kier alpha value is -2.48. The second-order valence-corrected chi connectivity index (χ2v) is 19.6. The zero-order chi connectivity index (χ0) is 40.1. The molecule has 2 aromatic rings. The van der Waals surface area contributed by atoms with E-state index in [2.05, 4.69) is 33.3 Å². The standard InChI is InChI=1S/C44H67FN4O5S2/c1-5-6-7-8-9-10-11-12-13-14-30-54-43-20-18-39(32-41(43)45)56(52,53)34(2)44(40-31-38(55(4)51)17-19-42(40)46-3)48-28-23-35(24-29-48)47-26-21-36(22-27-47)49-25-15-16-37(50)33-49/h17-20,31-32,35-37,50H,3,5-16,21-30,33H2,1-2,4H3/b44-34-. The zero-order valence-electron chi connectivity index (χ0n) is 34.2. The fourth-order valence-electron chi connectivity index (χ4n) is 8.83. The van der Waals surface area contributed by atoms with Gasteiger partial charge in [0, 0.05) is 43.3 Å². The van der Waals surface area contributed by atoms with Crippen LogP contribution in [0.25, 0.3) is 5.70 Å². The molecular formula is C44H67FN4O5S2. The number of likely N-dealkylation sites (tertiary alicyclic amines) is 3. The summed E-state index contributed by atoms with van der Waals surface area (Å²) in [5, 5.41) is 10.2. The number of rotatable bonds is 20. The van der Waals surface area contributed by atoms with Crippen molar-refractivity contribution in [2.45, 2.75) is 145 Å². The molecule has 3 heterocycles. The molecule has 0 saturated carbocycles. The molecule has 0 bridgehead atoms. The third-order valence-corrected chi connectivity index (χ3v) is 15.0. The number of β-amino-alcohol motifs (C(OH)–C–C–N with tert-alkyl or cyclic N) is 1. The fourth-order valence-corrected chi connectivity index (χ4v) is 10.7. The fraction of sp³-hybridized carbons (Fsp3) is 0.659. The normalized spacial score (nSPS) is 20.5. The molecule has 0 spiro atoms. The summed E-state index contributed by atoms with van der Waals surface area (Å²) in [5.41, 5.74) is 1.54. The monoisotopic (exact) mass is 814 g/mol. The quantitative estimate of drug-likeness (QED) is 0.0804. The number of aliphatic imine (C=N–C) groups is 1. The van der Waals surface area contributed by atoms with Crippen LogP contribution in [-0.2, 0) is 21.0 Å². The average molecular weight is 815 g/mol. The number of halogens is 1. The molecule has 0 radical (unpaired) electrons. The average Bonchev–Trinajstić information content (AvgIpc) is 3.20. The van der Waals surface area contributed by atoms with Crippen LogP contribution in [0.3, 0.4) is 0 Å². The molecule has 3 fully saturated rings. The van der Waals surface area contributed by atoms with Crippen molar-refractivity contribution in [2.75, 3.05) is 52.1 Å². The molecule has 2 atom stereocenters. The van der Waals surface area contributed by atoms with Crippen molar-refractivity contribution in [3.63, 3.8) is 0 Å². The molecule has 5 rings (SSSR count). The lowest BCUT2D eigenvalue weighted by Crippen LogP contribution is -2.53. The second kappa shape index (κ2) is 22.0. The van der Waals surface area contributed by atoms with Crippen LogP contribution >= 0.6 is 0 Å². The maximum atomic E-state index is 15.5. The SMILES string of the molecule is C=Nc1ccc([S+](C)[O-])cc1/C(=C(\C)S(=O)(=O)c1ccc(OCCCCCCCCCCCC)c(F)c1)N1CCC(N2CCC(N3CCCC(O)C3)CC2)CC1. The lowest BCUT2D eigenvalue weighted by Gasteiger charge is -2.46. The number of hydrogen-bond acceptors (Lipinski definition) is 9. The predicted molar refractivity (Wildman–Crippen MR) is 228 cm³/mol. The molecule has 56 heavy (non-hydrogen) atoms. The topological polar surface area (TPSA) is 109 Å². The number of ether oxygens (including phenoxy) is 1. The second-order valence-electron chi connectivity index (χ2n) is 16.1. The van der Waals surface area contributed by atoms with Gasteiger partial charge in [0.15, 0.2) is 16.5 Å². The van der Waals surface area contributed by atoms with Gasteiger partial charge in [0.25, 0.3) is 0 Å². The molecule has 0 amide bonds. The van der Waals surface area contributed by atoms with Crippen LogP contribution < -0.4 is 4.74 Å².